The van der Waals surface area contributed by atoms with E-state index >= 15 is 0 Å². The van der Waals surface area contributed by atoms with E-state index in [1.807, 2.05) is 0 Å². The Bertz CT molecular complexity index is 547. The molecule has 0 aliphatic rings. The number of carboxylic acid groups (broad SMARTS) is 1. The van der Waals surface area contributed by atoms with E-state index in [9.17, 15) is 4.79 Å². The summed E-state index contributed by atoms with van der Waals surface area (Å²) in [6.07, 6.45) is 1.40. The third-order valence-electron chi connectivity index (χ3n) is 2.85. The Balaban J connectivity index is 0.000000422. The average Bonchev–Trinajstić information content (AvgIpc) is 2.50. The van der Waals surface area contributed by atoms with Gasteiger partial charge in [-0.15, -0.1) is 0 Å². The van der Waals surface area contributed by atoms with Gasteiger partial charge in [0.15, 0.2) is 0 Å². The Morgan fingerprint density at radius 1 is 1.00 bits per heavy atom. The number of aliphatic carboxylic acids is 1. The molecule has 0 aromatic heterocycles. The van der Waals surface area contributed by atoms with Gasteiger partial charge in [0.05, 0.1) is 0 Å². The van der Waals surface area contributed by atoms with Crippen LogP contribution in [0.3, 0.4) is 0 Å². The Morgan fingerprint density at radius 3 is 1.95 bits per heavy atom. The fourth-order valence-electron chi connectivity index (χ4n) is 1.79. The minimum Gasteiger partial charge on any atom is -0.481 e. The normalized spacial score (nSPS) is 10.0. The molecule has 0 amide bonds. The van der Waals surface area contributed by atoms with Crippen molar-refractivity contribution in [1.29, 1.82) is 0 Å². The number of benzene rings is 2. The molecule has 118 valence electrons. The monoisotopic (exact) mass is 364 g/mol. The molecule has 22 heavy (non-hydrogen) atoms. The Morgan fingerprint density at radius 2 is 1.50 bits per heavy atom. The molecular formula is C19H24O2Se. The van der Waals surface area contributed by atoms with Gasteiger partial charge >= 0.3 is 116 Å². The van der Waals surface area contributed by atoms with Crippen molar-refractivity contribution in [3.05, 3.63) is 60.2 Å². The fraction of sp³-hybridized carbons (Fsp3) is 0.316. The standard InChI is InChI=1S/C16H18Se.C3H6O2/c1-13(2)12-14-8-10-16(11-9-14)17-15-6-4-3-5-7-15;1-2-3(4)5/h3-11,13H,12H2,1-2H3;2H2,1H3,(H,4,5). The largest absolute Gasteiger partial charge is 0.481 e. The molecule has 0 saturated heterocycles. The van der Waals surface area contributed by atoms with Gasteiger partial charge in [-0.25, -0.2) is 0 Å². The zero-order valence-electron chi connectivity index (χ0n) is 13.5. The molecular weight excluding hydrogens is 339 g/mol. The first-order valence-electron chi connectivity index (χ1n) is 7.55. The summed E-state index contributed by atoms with van der Waals surface area (Å²) in [6, 6.07) is 19.8. The summed E-state index contributed by atoms with van der Waals surface area (Å²) >= 11 is 0.442. The Kier molecular flexibility index (Phi) is 8.57. The van der Waals surface area contributed by atoms with Crippen molar-refractivity contribution in [2.24, 2.45) is 5.92 Å². The van der Waals surface area contributed by atoms with Gasteiger partial charge in [0, 0.05) is 6.42 Å². The third kappa shape index (κ3) is 8.02. The number of carboxylic acids is 1. The van der Waals surface area contributed by atoms with Crippen LogP contribution in [0, 0.1) is 5.92 Å². The summed E-state index contributed by atoms with van der Waals surface area (Å²) in [6.45, 7) is 6.13. The Hall–Kier alpha value is -1.57. The predicted molar refractivity (Wildman–Crippen MR) is 94.4 cm³/mol. The van der Waals surface area contributed by atoms with E-state index in [1.54, 1.807) is 6.92 Å². The van der Waals surface area contributed by atoms with E-state index in [1.165, 1.54) is 20.9 Å². The van der Waals surface area contributed by atoms with Gasteiger partial charge in [-0.1, -0.05) is 6.92 Å². The van der Waals surface area contributed by atoms with Crippen molar-refractivity contribution in [3.63, 3.8) is 0 Å². The van der Waals surface area contributed by atoms with Gasteiger partial charge in [0.2, 0.25) is 0 Å². The van der Waals surface area contributed by atoms with Gasteiger partial charge in [-0.3, -0.25) is 4.79 Å². The molecule has 2 rings (SSSR count). The average molecular weight is 363 g/mol. The molecule has 0 spiro atoms. The van der Waals surface area contributed by atoms with Crippen LogP contribution in [0.15, 0.2) is 54.6 Å². The maximum absolute atomic E-state index is 9.37. The molecule has 0 fully saturated rings. The van der Waals surface area contributed by atoms with Crippen molar-refractivity contribution < 1.29 is 9.90 Å². The van der Waals surface area contributed by atoms with Gasteiger partial charge in [0.1, 0.15) is 0 Å². The van der Waals surface area contributed by atoms with Crippen LogP contribution in [0.2, 0.25) is 0 Å². The zero-order valence-corrected chi connectivity index (χ0v) is 15.2. The quantitative estimate of drug-likeness (QED) is 0.830. The van der Waals surface area contributed by atoms with E-state index in [0.717, 1.165) is 5.92 Å². The molecule has 2 aromatic carbocycles. The van der Waals surface area contributed by atoms with Crippen molar-refractivity contribution in [3.8, 4) is 0 Å². The second-order valence-electron chi connectivity index (χ2n) is 5.40. The summed E-state index contributed by atoms with van der Waals surface area (Å²) < 4.78 is 2.90. The van der Waals surface area contributed by atoms with Crippen LogP contribution in [0.5, 0.6) is 0 Å². The van der Waals surface area contributed by atoms with Crippen LogP contribution in [0.1, 0.15) is 32.8 Å². The molecule has 1 N–H and O–H groups in total. The first-order chi connectivity index (χ1) is 10.5. The fourth-order valence-corrected chi connectivity index (χ4v) is 3.55. The van der Waals surface area contributed by atoms with Gasteiger partial charge in [-0.2, -0.15) is 0 Å². The molecule has 0 radical (unpaired) electrons. The second kappa shape index (κ2) is 10.2. The maximum Gasteiger partial charge on any atom is 0.303 e. The van der Waals surface area contributed by atoms with Crippen LogP contribution >= 0.6 is 0 Å². The molecule has 2 nitrogen and oxygen atoms in total. The number of carbonyl (C=O) groups is 1. The summed E-state index contributed by atoms with van der Waals surface area (Å²) in [4.78, 5) is 9.37. The molecule has 0 saturated carbocycles. The number of hydrogen-bond donors (Lipinski definition) is 1. The van der Waals surface area contributed by atoms with E-state index < -0.39 is 5.97 Å². The van der Waals surface area contributed by atoms with E-state index in [-0.39, 0.29) is 6.42 Å². The molecule has 0 aliphatic heterocycles. The minimum atomic E-state index is -0.745. The Labute approximate surface area is 139 Å². The zero-order chi connectivity index (χ0) is 16.4. The minimum absolute atomic E-state index is 0.222. The molecule has 0 bridgehead atoms. The van der Waals surface area contributed by atoms with Crippen LogP contribution in [-0.4, -0.2) is 26.0 Å². The summed E-state index contributed by atoms with van der Waals surface area (Å²) in [5.74, 6) is -0.00881. The molecule has 2 aromatic rings. The summed E-state index contributed by atoms with van der Waals surface area (Å²) in [5.41, 5.74) is 1.45. The molecule has 0 atom stereocenters. The third-order valence-corrected chi connectivity index (χ3v) is 4.98. The van der Waals surface area contributed by atoms with Crippen molar-refractivity contribution >= 4 is 29.8 Å². The molecule has 0 heterocycles. The van der Waals surface area contributed by atoms with E-state index in [4.69, 9.17) is 5.11 Å². The summed E-state index contributed by atoms with van der Waals surface area (Å²) in [7, 11) is 0. The van der Waals surface area contributed by atoms with Crippen LogP contribution in [-0.2, 0) is 11.2 Å². The summed E-state index contributed by atoms with van der Waals surface area (Å²) in [5, 5.41) is 7.72. The predicted octanol–water partition coefficient (Wildman–Crippen LogP) is 3.02. The second-order valence-corrected chi connectivity index (χ2v) is 7.81. The van der Waals surface area contributed by atoms with Crippen molar-refractivity contribution in [2.75, 3.05) is 0 Å². The topological polar surface area (TPSA) is 37.3 Å². The maximum atomic E-state index is 9.37. The van der Waals surface area contributed by atoms with Gasteiger partial charge in [0.25, 0.3) is 0 Å². The van der Waals surface area contributed by atoms with Crippen molar-refractivity contribution in [1.82, 2.24) is 0 Å². The number of rotatable bonds is 5. The van der Waals surface area contributed by atoms with Crippen LogP contribution < -0.4 is 8.92 Å². The van der Waals surface area contributed by atoms with Crippen molar-refractivity contribution in [2.45, 2.75) is 33.6 Å². The van der Waals surface area contributed by atoms with Gasteiger partial charge < -0.3 is 5.11 Å². The van der Waals surface area contributed by atoms with E-state index in [2.05, 4.69) is 68.4 Å². The first-order valence-corrected chi connectivity index (χ1v) is 9.26. The van der Waals surface area contributed by atoms with Crippen LogP contribution in [0.25, 0.3) is 0 Å². The molecule has 0 unspecified atom stereocenters. The molecule has 3 heteroatoms. The first kappa shape index (κ1) is 18.5. The number of hydrogen-bond acceptors (Lipinski definition) is 1. The van der Waals surface area contributed by atoms with Crippen LogP contribution in [0.4, 0.5) is 0 Å². The molecule has 0 aliphatic carbocycles. The SMILES string of the molecule is CC(C)Cc1ccc([Se]c2ccccc2)cc1.CCC(=O)O. The van der Waals surface area contributed by atoms with E-state index in [0.29, 0.717) is 15.0 Å². The smallest absolute Gasteiger partial charge is 0.303 e. The van der Waals surface area contributed by atoms with Gasteiger partial charge in [-0.05, 0) is 0 Å².